The Morgan fingerprint density at radius 3 is 2.70 bits per heavy atom. The van der Waals surface area contributed by atoms with Gasteiger partial charge in [-0.25, -0.2) is 17.5 Å². The Morgan fingerprint density at radius 1 is 1.50 bits per heavy atom. The summed E-state index contributed by atoms with van der Waals surface area (Å²) in [7, 11) is -3.78. The van der Waals surface area contributed by atoms with Gasteiger partial charge < -0.3 is 10.8 Å². The van der Waals surface area contributed by atoms with Gasteiger partial charge in [0.15, 0.2) is 0 Å². The molecule has 0 amide bonds. The summed E-state index contributed by atoms with van der Waals surface area (Å²) in [4.78, 5) is -0.102. The van der Waals surface area contributed by atoms with E-state index < -0.39 is 15.8 Å². The lowest BCUT2D eigenvalue weighted by molar-refractivity contribution is 0.254. The molecular weight excluding hydrogens is 351 g/mol. The molecule has 1 aromatic rings. The second kappa shape index (κ2) is 7.35. The molecule has 1 atom stereocenters. The van der Waals surface area contributed by atoms with E-state index in [0.717, 1.165) is 18.6 Å². The highest BCUT2D eigenvalue weighted by molar-refractivity contribution is 9.10. The zero-order valence-corrected chi connectivity index (χ0v) is 13.5. The van der Waals surface area contributed by atoms with Crippen LogP contribution in [0, 0.1) is 11.7 Å². The summed E-state index contributed by atoms with van der Waals surface area (Å²) in [6.07, 6.45) is 1.27. The first-order chi connectivity index (χ1) is 9.31. The maximum Gasteiger partial charge on any atom is 0.241 e. The van der Waals surface area contributed by atoms with Crippen LogP contribution in [0.5, 0.6) is 0 Å². The molecule has 0 fully saturated rings. The third kappa shape index (κ3) is 4.41. The van der Waals surface area contributed by atoms with Crippen molar-refractivity contribution in [2.24, 2.45) is 5.92 Å². The van der Waals surface area contributed by atoms with Crippen LogP contribution in [0.15, 0.2) is 21.5 Å². The molecule has 0 saturated carbocycles. The molecular formula is C12H18BrFN2O3S. The Bertz CT molecular complexity index is 566. The van der Waals surface area contributed by atoms with Crippen LogP contribution in [0.4, 0.5) is 10.1 Å². The van der Waals surface area contributed by atoms with Gasteiger partial charge in [-0.2, -0.15) is 0 Å². The van der Waals surface area contributed by atoms with E-state index in [1.54, 1.807) is 0 Å². The van der Waals surface area contributed by atoms with Crippen molar-refractivity contribution < 1.29 is 17.9 Å². The normalized spacial score (nSPS) is 13.4. The van der Waals surface area contributed by atoms with Crippen molar-refractivity contribution in [1.29, 1.82) is 0 Å². The SMILES string of the molecule is CCC(CCO)CNS(=O)(=O)c1cc(N)c(F)cc1Br. The molecule has 1 unspecified atom stereocenters. The predicted molar refractivity (Wildman–Crippen MR) is 79.2 cm³/mol. The number of hydrogen-bond acceptors (Lipinski definition) is 4. The monoisotopic (exact) mass is 368 g/mol. The quantitative estimate of drug-likeness (QED) is 0.640. The minimum absolute atomic E-state index is 0.00737. The predicted octanol–water partition coefficient (Wildman–Crippen LogP) is 1.86. The Labute approximate surface area is 126 Å². The Kier molecular flexibility index (Phi) is 6.38. The van der Waals surface area contributed by atoms with Gasteiger partial charge in [0.1, 0.15) is 5.82 Å². The molecule has 0 aliphatic rings. The number of benzene rings is 1. The average Bonchev–Trinajstić information content (AvgIpc) is 2.38. The maximum absolute atomic E-state index is 13.2. The van der Waals surface area contributed by atoms with Gasteiger partial charge in [-0.05, 0) is 40.4 Å². The van der Waals surface area contributed by atoms with E-state index in [2.05, 4.69) is 20.7 Å². The standard InChI is InChI=1S/C12H18BrFN2O3S/c1-2-8(3-4-17)7-16-20(18,19)12-6-11(15)10(14)5-9(12)13/h5-6,8,16-17H,2-4,7,15H2,1H3. The molecule has 0 aromatic heterocycles. The zero-order valence-electron chi connectivity index (χ0n) is 11.1. The molecule has 0 spiro atoms. The molecule has 1 aromatic carbocycles. The number of hydrogen-bond donors (Lipinski definition) is 3. The van der Waals surface area contributed by atoms with Crippen LogP contribution in [0.25, 0.3) is 0 Å². The average molecular weight is 369 g/mol. The van der Waals surface area contributed by atoms with Gasteiger partial charge in [-0.1, -0.05) is 13.3 Å². The number of sulfonamides is 1. The molecule has 0 aliphatic carbocycles. The molecule has 1 rings (SSSR count). The first kappa shape index (κ1) is 17.4. The fourth-order valence-electron chi connectivity index (χ4n) is 1.69. The molecule has 20 heavy (non-hydrogen) atoms. The summed E-state index contributed by atoms with van der Waals surface area (Å²) in [5.41, 5.74) is 5.17. The van der Waals surface area contributed by atoms with Crippen LogP contribution in [-0.2, 0) is 10.0 Å². The van der Waals surface area contributed by atoms with Crippen LogP contribution in [0.3, 0.4) is 0 Å². The lowest BCUT2D eigenvalue weighted by Gasteiger charge is -2.15. The number of nitrogens with one attached hydrogen (secondary N) is 1. The zero-order chi connectivity index (χ0) is 15.3. The second-order valence-corrected chi connectivity index (χ2v) is 7.03. The molecule has 8 heteroatoms. The maximum atomic E-state index is 13.2. The molecule has 0 aliphatic heterocycles. The smallest absolute Gasteiger partial charge is 0.241 e. The van der Waals surface area contributed by atoms with Gasteiger partial charge in [-0.3, -0.25) is 0 Å². The third-order valence-electron chi connectivity index (χ3n) is 3.02. The Hall–Kier alpha value is -0.700. The molecule has 0 bridgehead atoms. The first-order valence-electron chi connectivity index (χ1n) is 6.16. The highest BCUT2D eigenvalue weighted by atomic mass is 79.9. The number of halogens is 2. The number of anilines is 1. The fraction of sp³-hybridized carbons (Fsp3) is 0.500. The van der Waals surface area contributed by atoms with Gasteiger partial charge in [0.25, 0.3) is 0 Å². The number of nitrogen functional groups attached to an aromatic ring is 1. The van der Waals surface area contributed by atoms with E-state index in [0.29, 0.717) is 6.42 Å². The molecule has 0 heterocycles. The topological polar surface area (TPSA) is 92.4 Å². The van der Waals surface area contributed by atoms with Crippen molar-refractivity contribution in [3.05, 3.63) is 22.4 Å². The van der Waals surface area contributed by atoms with Crippen molar-refractivity contribution in [1.82, 2.24) is 4.72 Å². The van der Waals surface area contributed by atoms with Crippen molar-refractivity contribution in [3.63, 3.8) is 0 Å². The summed E-state index contributed by atoms with van der Waals surface area (Å²) < 4.78 is 40.1. The lowest BCUT2D eigenvalue weighted by Crippen LogP contribution is -2.30. The highest BCUT2D eigenvalue weighted by Crippen LogP contribution is 2.26. The fourth-order valence-corrected chi connectivity index (χ4v) is 3.85. The Morgan fingerprint density at radius 2 is 2.15 bits per heavy atom. The van der Waals surface area contributed by atoms with E-state index in [1.165, 1.54) is 0 Å². The summed E-state index contributed by atoms with van der Waals surface area (Å²) in [5, 5.41) is 8.88. The molecule has 0 saturated heterocycles. The summed E-state index contributed by atoms with van der Waals surface area (Å²) in [6, 6.07) is 2.10. The van der Waals surface area contributed by atoms with E-state index >= 15 is 0 Å². The van der Waals surface area contributed by atoms with Crippen molar-refractivity contribution >= 4 is 31.6 Å². The van der Waals surface area contributed by atoms with Crippen LogP contribution in [0.1, 0.15) is 19.8 Å². The van der Waals surface area contributed by atoms with Crippen LogP contribution in [-0.4, -0.2) is 26.7 Å². The van der Waals surface area contributed by atoms with Crippen molar-refractivity contribution in [3.8, 4) is 0 Å². The number of aliphatic hydroxyl groups excluding tert-OH is 1. The van der Waals surface area contributed by atoms with Crippen LogP contribution in [0.2, 0.25) is 0 Å². The minimum atomic E-state index is -3.78. The molecule has 114 valence electrons. The molecule has 5 nitrogen and oxygen atoms in total. The first-order valence-corrected chi connectivity index (χ1v) is 8.44. The van der Waals surface area contributed by atoms with E-state index in [1.807, 2.05) is 6.92 Å². The van der Waals surface area contributed by atoms with Gasteiger partial charge in [0.05, 0.1) is 10.6 Å². The van der Waals surface area contributed by atoms with Crippen LogP contribution < -0.4 is 10.5 Å². The molecule has 4 N–H and O–H groups in total. The summed E-state index contributed by atoms with van der Waals surface area (Å²) >= 11 is 3.02. The number of nitrogens with two attached hydrogens (primary N) is 1. The van der Waals surface area contributed by atoms with Gasteiger partial charge in [0.2, 0.25) is 10.0 Å². The number of rotatable bonds is 7. The Balaban J connectivity index is 2.92. The summed E-state index contributed by atoms with van der Waals surface area (Å²) in [5.74, 6) is -0.631. The van der Waals surface area contributed by atoms with Crippen LogP contribution >= 0.6 is 15.9 Å². The van der Waals surface area contributed by atoms with Gasteiger partial charge >= 0.3 is 0 Å². The molecule has 0 radical (unpaired) electrons. The van der Waals surface area contributed by atoms with E-state index in [-0.39, 0.29) is 34.1 Å². The second-order valence-electron chi connectivity index (χ2n) is 4.44. The van der Waals surface area contributed by atoms with E-state index in [4.69, 9.17) is 10.8 Å². The van der Waals surface area contributed by atoms with E-state index in [9.17, 15) is 12.8 Å². The lowest BCUT2D eigenvalue weighted by atomic mass is 10.0. The minimum Gasteiger partial charge on any atom is -0.396 e. The largest absolute Gasteiger partial charge is 0.396 e. The van der Waals surface area contributed by atoms with Crippen molar-refractivity contribution in [2.75, 3.05) is 18.9 Å². The van der Waals surface area contributed by atoms with Gasteiger partial charge in [0, 0.05) is 17.6 Å². The van der Waals surface area contributed by atoms with Gasteiger partial charge in [-0.15, -0.1) is 0 Å². The van der Waals surface area contributed by atoms with Crippen molar-refractivity contribution in [2.45, 2.75) is 24.7 Å². The third-order valence-corrected chi connectivity index (χ3v) is 5.40. The highest BCUT2D eigenvalue weighted by Gasteiger charge is 2.20. The summed E-state index contributed by atoms with van der Waals surface area (Å²) in [6.45, 7) is 2.14. The number of aliphatic hydroxyl groups is 1.